The summed E-state index contributed by atoms with van der Waals surface area (Å²) >= 11 is 0. The highest BCUT2D eigenvalue weighted by atomic mass is 16.5. The second-order valence-corrected chi connectivity index (χ2v) is 4.73. The summed E-state index contributed by atoms with van der Waals surface area (Å²) in [4.78, 5) is 4.13. The van der Waals surface area contributed by atoms with Gasteiger partial charge in [-0.25, -0.2) is 0 Å². The summed E-state index contributed by atoms with van der Waals surface area (Å²) in [6.45, 7) is 4.76. The normalized spacial score (nSPS) is 11.9. The fourth-order valence-corrected chi connectivity index (χ4v) is 1.71. The van der Waals surface area contributed by atoms with Crippen LogP contribution in [0.2, 0.25) is 0 Å². The molecule has 2 rings (SSSR count). The van der Waals surface area contributed by atoms with Crippen LogP contribution >= 0.6 is 0 Å². The minimum absolute atomic E-state index is 0.178. The lowest BCUT2D eigenvalue weighted by Crippen LogP contribution is -2.09. The van der Waals surface area contributed by atoms with Gasteiger partial charge in [0.05, 0.1) is 24.5 Å². The standard InChI is InChI=1S/C16H20N2O2/c1-3-12(2)20-16-6-4-5-13(9-16)17-10-14-7-8-15(19)11-18-14/h4-9,11-12,17,19H,3,10H2,1-2H3. The Morgan fingerprint density at radius 1 is 1.30 bits per heavy atom. The number of hydrogen-bond donors (Lipinski definition) is 2. The molecule has 0 fully saturated rings. The number of hydrogen-bond acceptors (Lipinski definition) is 4. The van der Waals surface area contributed by atoms with E-state index in [0.717, 1.165) is 23.6 Å². The van der Waals surface area contributed by atoms with Gasteiger partial charge in [0.15, 0.2) is 0 Å². The van der Waals surface area contributed by atoms with Gasteiger partial charge in [-0.3, -0.25) is 4.98 Å². The Morgan fingerprint density at radius 2 is 2.15 bits per heavy atom. The Labute approximate surface area is 119 Å². The Hall–Kier alpha value is -2.23. The molecule has 1 aromatic carbocycles. The molecule has 0 saturated carbocycles. The molecule has 106 valence electrons. The molecule has 0 aliphatic rings. The van der Waals surface area contributed by atoms with Gasteiger partial charge in [-0.1, -0.05) is 13.0 Å². The van der Waals surface area contributed by atoms with E-state index < -0.39 is 0 Å². The number of pyridine rings is 1. The van der Waals surface area contributed by atoms with Gasteiger partial charge in [-0.15, -0.1) is 0 Å². The van der Waals surface area contributed by atoms with Gasteiger partial charge >= 0.3 is 0 Å². The van der Waals surface area contributed by atoms with Crippen LogP contribution in [0.15, 0.2) is 42.6 Å². The van der Waals surface area contributed by atoms with E-state index in [4.69, 9.17) is 4.74 Å². The van der Waals surface area contributed by atoms with E-state index in [1.165, 1.54) is 6.20 Å². The van der Waals surface area contributed by atoms with Gasteiger partial charge < -0.3 is 15.2 Å². The quantitative estimate of drug-likeness (QED) is 0.844. The van der Waals surface area contributed by atoms with Crippen LogP contribution in [0.25, 0.3) is 0 Å². The molecular weight excluding hydrogens is 252 g/mol. The minimum atomic E-state index is 0.178. The highest BCUT2D eigenvalue weighted by Gasteiger charge is 2.02. The van der Waals surface area contributed by atoms with Gasteiger partial charge in [0, 0.05) is 11.8 Å². The summed E-state index contributed by atoms with van der Waals surface area (Å²) < 4.78 is 5.78. The van der Waals surface area contributed by atoms with E-state index >= 15 is 0 Å². The van der Waals surface area contributed by atoms with Crippen LogP contribution in [0.1, 0.15) is 26.0 Å². The average molecular weight is 272 g/mol. The van der Waals surface area contributed by atoms with Crippen LogP contribution in [0.5, 0.6) is 11.5 Å². The number of benzene rings is 1. The van der Waals surface area contributed by atoms with Crippen molar-refractivity contribution in [2.75, 3.05) is 5.32 Å². The van der Waals surface area contributed by atoms with Crippen molar-refractivity contribution in [1.82, 2.24) is 4.98 Å². The van der Waals surface area contributed by atoms with Crippen molar-refractivity contribution in [3.63, 3.8) is 0 Å². The zero-order valence-corrected chi connectivity index (χ0v) is 11.8. The van der Waals surface area contributed by atoms with E-state index in [-0.39, 0.29) is 11.9 Å². The molecule has 0 spiro atoms. The van der Waals surface area contributed by atoms with Crippen LogP contribution in [-0.2, 0) is 6.54 Å². The summed E-state index contributed by atoms with van der Waals surface area (Å²) in [5.74, 6) is 1.04. The molecule has 0 saturated heterocycles. The second-order valence-electron chi connectivity index (χ2n) is 4.73. The van der Waals surface area contributed by atoms with E-state index in [0.29, 0.717) is 6.54 Å². The summed E-state index contributed by atoms with van der Waals surface area (Å²) in [5.41, 5.74) is 1.86. The lowest BCUT2D eigenvalue weighted by atomic mass is 10.2. The van der Waals surface area contributed by atoms with Gasteiger partial charge in [0.2, 0.25) is 0 Å². The molecule has 20 heavy (non-hydrogen) atoms. The van der Waals surface area contributed by atoms with Crippen LogP contribution < -0.4 is 10.1 Å². The van der Waals surface area contributed by atoms with Crippen LogP contribution in [-0.4, -0.2) is 16.2 Å². The molecule has 0 radical (unpaired) electrons. The first-order valence-corrected chi connectivity index (χ1v) is 6.82. The fraction of sp³-hybridized carbons (Fsp3) is 0.312. The first-order valence-electron chi connectivity index (χ1n) is 6.82. The maximum Gasteiger partial charge on any atom is 0.133 e. The van der Waals surface area contributed by atoms with Crippen LogP contribution in [0.3, 0.4) is 0 Å². The SMILES string of the molecule is CCC(C)Oc1cccc(NCc2ccc(O)cn2)c1. The third kappa shape index (κ3) is 4.16. The van der Waals surface area contributed by atoms with Crippen LogP contribution in [0.4, 0.5) is 5.69 Å². The highest BCUT2D eigenvalue weighted by molar-refractivity contribution is 5.48. The van der Waals surface area contributed by atoms with Gasteiger partial charge in [0.25, 0.3) is 0 Å². The van der Waals surface area contributed by atoms with Gasteiger partial charge in [0.1, 0.15) is 11.5 Å². The second kappa shape index (κ2) is 6.80. The first-order chi connectivity index (χ1) is 9.67. The summed E-state index contributed by atoms with van der Waals surface area (Å²) in [6.07, 6.45) is 2.64. The largest absolute Gasteiger partial charge is 0.506 e. The number of ether oxygens (including phenoxy) is 1. The van der Waals surface area contributed by atoms with Crippen molar-refractivity contribution >= 4 is 5.69 Å². The predicted molar refractivity (Wildman–Crippen MR) is 80.1 cm³/mol. The first kappa shape index (κ1) is 14.2. The Morgan fingerprint density at radius 3 is 2.85 bits per heavy atom. The third-order valence-electron chi connectivity index (χ3n) is 3.03. The molecule has 1 aromatic heterocycles. The molecule has 4 heteroatoms. The van der Waals surface area contributed by atoms with Gasteiger partial charge in [-0.05, 0) is 37.6 Å². The predicted octanol–water partition coefficient (Wildman–Crippen LogP) is 3.58. The lowest BCUT2D eigenvalue weighted by molar-refractivity contribution is 0.217. The smallest absolute Gasteiger partial charge is 0.133 e. The maximum absolute atomic E-state index is 9.19. The number of nitrogens with one attached hydrogen (secondary N) is 1. The molecule has 0 amide bonds. The Balaban J connectivity index is 1.95. The van der Waals surface area contributed by atoms with E-state index in [9.17, 15) is 5.11 Å². The van der Waals surface area contributed by atoms with Crippen molar-refractivity contribution in [1.29, 1.82) is 0 Å². The van der Waals surface area contributed by atoms with Crippen LogP contribution in [0, 0.1) is 0 Å². The van der Waals surface area contributed by atoms with E-state index in [1.807, 2.05) is 24.3 Å². The zero-order valence-electron chi connectivity index (χ0n) is 11.8. The summed E-state index contributed by atoms with van der Waals surface area (Å²) in [6, 6.07) is 11.3. The van der Waals surface area contributed by atoms with Gasteiger partial charge in [-0.2, -0.15) is 0 Å². The number of nitrogens with zero attached hydrogens (tertiary/aromatic N) is 1. The molecule has 0 bridgehead atoms. The summed E-state index contributed by atoms with van der Waals surface area (Å²) in [7, 11) is 0. The zero-order chi connectivity index (χ0) is 14.4. The molecule has 0 aliphatic carbocycles. The maximum atomic E-state index is 9.19. The summed E-state index contributed by atoms with van der Waals surface area (Å²) in [5, 5.41) is 12.5. The number of anilines is 1. The Bertz CT molecular complexity index is 540. The third-order valence-corrected chi connectivity index (χ3v) is 3.03. The molecule has 0 aliphatic heterocycles. The lowest BCUT2D eigenvalue weighted by Gasteiger charge is -2.14. The average Bonchev–Trinajstić information content (AvgIpc) is 2.47. The molecule has 1 atom stereocenters. The topological polar surface area (TPSA) is 54.4 Å². The molecule has 2 aromatic rings. The minimum Gasteiger partial charge on any atom is -0.506 e. The van der Waals surface area contributed by atoms with E-state index in [1.54, 1.807) is 12.1 Å². The molecule has 1 heterocycles. The highest BCUT2D eigenvalue weighted by Crippen LogP contribution is 2.19. The molecule has 1 unspecified atom stereocenters. The number of rotatable bonds is 6. The van der Waals surface area contributed by atoms with Crippen molar-refractivity contribution in [2.45, 2.75) is 32.9 Å². The fourth-order valence-electron chi connectivity index (χ4n) is 1.71. The van der Waals surface area contributed by atoms with Crippen molar-refractivity contribution in [2.24, 2.45) is 0 Å². The van der Waals surface area contributed by atoms with E-state index in [2.05, 4.69) is 24.1 Å². The molecule has 2 N–H and O–H groups in total. The molecule has 4 nitrogen and oxygen atoms in total. The monoisotopic (exact) mass is 272 g/mol. The number of aromatic hydroxyl groups is 1. The van der Waals surface area contributed by atoms with Crippen molar-refractivity contribution in [3.05, 3.63) is 48.3 Å². The Kier molecular flexibility index (Phi) is 4.82. The number of aromatic nitrogens is 1. The molecular formula is C16H20N2O2. The van der Waals surface area contributed by atoms with Crippen molar-refractivity contribution in [3.8, 4) is 11.5 Å². The van der Waals surface area contributed by atoms with Crippen molar-refractivity contribution < 1.29 is 9.84 Å².